The Hall–Kier alpha value is -2.17. The third-order valence-corrected chi connectivity index (χ3v) is 4.35. The molecule has 1 aromatic carbocycles. The lowest BCUT2D eigenvalue weighted by Crippen LogP contribution is -2.00. The molecular formula is C20H29N3O2. The molecule has 0 atom stereocenters. The molecule has 0 radical (unpaired) electrons. The highest BCUT2D eigenvalue weighted by Crippen LogP contribution is 2.39. The van der Waals surface area contributed by atoms with E-state index in [2.05, 4.69) is 31.0 Å². The first kappa shape index (κ1) is 19.2. The Morgan fingerprint density at radius 2 is 2.04 bits per heavy atom. The first-order valence-corrected chi connectivity index (χ1v) is 9.20. The first-order chi connectivity index (χ1) is 11.9. The van der Waals surface area contributed by atoms with E-state index in [-0.39, 0.29) is 11.8 Å². The summed E-state index contributed by atoms with van der Waals surface area (Å²) in [5, 5.41) is 19.4. The number of carbonyl (C=O) groups is 1. The maximum atomic E-state index is 11.9. The molecule has 0 unspecified atom stereocenters. The zero-order valence-electron chi connectivity index (χ0n) is 15.7. The minimum Gasteiger partial charge on any atom is -0.493 e. The fourth-order valence-electron chi connectivity index (χ4n) is 2.83. The number of benzene rings is 1. The molecule has 1 aromatic heterocycles. The van der Waals surface area contributed by atoms with Crippen LogP contribution in [0.1, 0.15) is 58.4 Å². The van der Waals surface area contributed by atoms with Gasteiger partial charge in [0.05, 0.1) is 5.52 Å². The molecule has 136 valence electrons. The molecule has 0 bridgehead atoms. The summed E-state index contributed by atoms with van der Waals surface area (Å²) in [5.74, 6) is 0.391. The molecular weight excluding hydrogens is 314 g/mol. The maximum absolute atomic E-state index is 11.9. The SMILES string of the molecule is CCCCCC(=O)N=Nc1c(O)n(CCC(C)C)c2ccc(C)cc12. The van der Waals surface area contributed by atoms with Gasteiger partial charge in [0.1, 0.15) is 0 Å². The van der Waals surface area contributed by atoms with Crippen LogP contribution in [0.25, 0.3) is 10.9 Å². The Morgan fingerprint density at radius 1 is 1.28 bits per heavy atom. The summed E-state index contributed by atoms with van der Waals surface area (Å²) < 4.78 is 1.87. The van der Waals surface area contributed by atoms with Crippen molar-refractivity contribution >= 4 is 22.5 Å². The first-order valence-electron chi connectivity index (χ1n) is 9.20. The van der Waals surface area contributed by atoms with Crippen LogP contribution in [-0.4, -0.2) is 15.6 Å². The Bertz CT molecular complexity index is 760. The molecule has 2 rings (SSSR count). The number of unbranched alkanes of at least 4 members (excludes halogenated alkanes) is 2. The quantitative estimate of drug-likeness (QED) is 0.479. The number of aromatic nitrogens is 1. The van der Waals surface area contributed by atoms with Crippen LogP contribution >= 0.6 is 0 Å². The third kappa shape index (κ3) is 4.91. The molecule has 25 heavy (non-hydrogen) atoms. The van der Waals surface area contributed by atoms with Gasteiger partial charge in [0, 0.05) is 18.4 Å². The minimum absolute atomic E-state index is 0.0892. The summed E-state index contributed by atoms with van der Waals surface area (Å²) in [6.45, 7) is 9.12. The van der Waals surface area contributed by atoms with Crippen LogP contribution in [0.5, 0.6) is 5.88 Å². The van der Waals surface area contributed by atoms with Crippen LogP contribution in [0.4, 0.5) is 5.69 Å². The van der Waals surface area contributed by atoms with E-state index in [4.69, 9.17) is 0 Å². The van der Waals surface area contributed by atoms with E-state index in [1.807, 2.05) is 29.7 Å². The topological polar surface area (TPSA) is 66.9 Å². The summed E-state index contributed by atoms with van der Waals surface area (Å²) in [6, 6.07) is 5.99. The summed E-state index contributed by atoms with van der Waals surface area (Å²) in [5.41, 5.74) is 2.40. The lowest BCUT2D eigenvalue weighted by molar-refractivity contribution is -0.118. The maximum Gasteiger partial charge on any atom is 0.264 e. The Morgan fingerprint density at radius 3 is 2.72 bits per heavy atom. The number of azo groups is 1. The van der Waals surface area contributed by atoms with E-state index in [0.29, 0.717) is 24.6 Å². The van der Waals surface area contributed by atoms with E-state index in [1.54, 1.807) is 0 Å². The van der Waals surface area contributed by atoms with Crippen LogP contribution < -0.4 is 0 Å². The standard InChI is InChI=1S/C20H29N3O2/c1-5-6-7-8-18(24)21-22-19-16-13-15(4)9-10-17(16)23(20(19)25)12-11-14(2)3/h9-10,13-14,25H,5-8,11-12H2,1-4H3. The number of rotatable bonds is 8. The second kappa shape index (κ2) is 8.79. The van der Waals surface area contributed by atoms with Crippen molar-refractivity contribution in [3.8, 4) is 5.88 Å². The van der Waals surface area contributed by atoms with Gasteiger partial charge in [-0.1, -0.05) is 45.2 Å². The van der Waals surface area contributed by atoms with Gasteiger partial charge in [0.25, 0.3) is 5.91 Å². The van der Waals surface area contributed by atoms with Gasteiger partial charge >= 0.3 is 0 Å². The smallest absolute Gasteiger partial charge is 0.264 e. The summed E-state index contributed by atoms with van der Waals surface area (Å²) in [7, 11) is 0. The van der Waals surface area contributed by atoms with Crippen molar-refractivity contribution in [3.63, 3.8) is 0 Å². The van der Waals surface area contributed by atoms with Crippen molar-refractivity contribution in [1.29, 1.82) is 0 Å². The van der Waals surface area contributed by atoms with E-state index >= 15 is 0 Å². The average molecular weight is 343 g/mol. The van der Waals surface area contributed by atoms with Crippen LogP contribution in [-0.2, 0) is 11.3 Å². The number of hydrogen-bond donors (Lipinski definition) is 1. The molecule has 0 spiro atoms. The third-order valence-electron chi connectivity index (χ3n) is 4.35. The lowest BCUT2D eigenvalue weighted by Gasteiger charge is -2.09. The minimum atomic E-state index is -0.233. The van der Waals surface area contributed by atoms with Gasteiger partial charge in [-0.05, 0) is 37.8 Å². The van der Waals surface area contributed by atoms with Crippen molar-refractivity contribution in [2.45, 2.75) is 66.3 Å². The van der Waals surface area contributed by atoms with Crippen molar-refractivity contribution in [2.24, 2.45) is 16.1 Å². The highest BCUT2D eigenvalue weighted by molar-refractivity contribution is 5.95. The molecule has 5 nitrogen and oxygen atoms in total. The van der Waals surface area contributed by atoms with Crippen LogP contribution in [0.3, 0.4) is 0 Å². The molecule has 1 heterocycles. The fourth-order valence-corrected chi connectivity index (χ4v) is 2.83. The summed E-state index contributed by atoms with van der Waals surface area (Å²) in [6.07, 6.45) is 4.27. The zero-order chi connectivity index (χ0) is 18.4. The van der Waals surface area contributed by atoms with Gasteiger partial charge in [-0.25, -0.2) is 0 Å². The molecule has 1 N–H and O–H groups in total. The molecule has 0 aliphatic carbocycles. The lowest BCUT2D eigenvalue weighted by atomic mass is 10.1. The fraction of sp³-hybridized carbons (Fsp3) is 0.550. The Labute approximate surface area is 149 Å². The van der Waals surface area contributed by atoms with Crippen molar-refractivity contribution in [3.05, 3.63) is 23.8 Å². The number of fused-ring (bicyclic) bond motifs is 1. The van der Waals surface area contributed by atoms with Gasteiger partial charge in [0.15, 0.2) is 5.69 Å². The molecule has 0 aliphatic heterocycles. The molecule has 5 heteroatoms. The molecule has 0 aliphatic rings. The zero-order valence-corrected chi connectivity index (χ0v) is 15.7. The van der Waals surface area contributed by atoms with Gasteiger partial charge in [0.2, 0.25) is 5.88 Å². The number of nitrogens with zero attached hydrogens (tertiary/aromatic N) is 3. The van der Waals surface area contributed by atoms with Crippen molar-refractivity contribution in [1.82, 2.24) is 4.57 Å². The number of aromatic hydroxyl groups is 1. The number of amides is 1. The molecule has 0 fully saturated rings. The second-order valence-corrected chi connectivity index (χ2v) is 7.08. The van der Waals surface area contributed by atoms with Gasteiger partial charge in [-0.15, -0.1) is 10.2 Å². The van der Waals surface area contributed by atoms with Crippen molar-refractivity contribution in [2.75, 3.05) is 0 Å². The predicted octanol–water partition coefficient (Wildman–Crippen LogP) is 5.89. The molecule has 2 aromatic rings. The van der Waals surface area contributed by atoms with Gasteiger partial charge in [-0.2, -0.15) is 0 Å². The van der Waals surface area contributed by atoms with E-state index in [1.165, 1.54) is 0 Å². The largest absolute Gasteiger partial charge is 0.493 e. The predicted molar refractivity (Wildman–Crippen MR) is 101 cm³/mol. The van der Waals surface area contributed by atoms with Crippen molar-refractivity contribution < 1.29 is 9.90 Å². The Balaban J connectivity index is 2.33. The summed E-state index contributed by atoms with van der Waals surface area (Å²) >= 11 is 0. The van der Waals surface area contributed by atoms with E-state index in [0.717, 1.165) is 42.1 Å². The average Bonchev–Trinajstić information content (AvgIpc) is 2.82. The summed E-state index contributed by atoms with van der Waals surface area (Å²) in [4.78, 5) is 11.9. The van der Waals surface area contributed by atoms with Crippen LogP contribution in [0.2, 0.25) is 0 Å². The molecule has 0 saturated carbocycles. The monoisotopic (exact) mass is 343 g/mol. The van der Waals surface area contributed by atoms with Crippen LogP contribution in [0, 0.1) is 12.8 Å². The number of carbonyl (C=O) groups excluding carboxylic acids is 1. The highest BCUT2D eigenvalue weighted by Gasteiger charge is 2.17. The molecule has 1 amide bonds. The normalized spacial score (nSPS) is 11.9. The second-order valence-electron chi connectivity index (χ2n) is 7.08. The van der Waals surface area contributed by atoms with Gasteiger partial charge in [-0.3, -0.25) is 4.79 Å². The number of hydrogen-bond acceptors (Lipinski definition) is 3. The Kier molecular flexibility index (Phi) is 6.73. The highest BCUT2D eigenvalue weighted by atomic mass is 16.3. The van der Waals surface area contributed by atoms with E-state index in [9.17, 15) is 9.90 Å². The van der Waals surface area contributed by atoms with E-state index < -0.39 is 0 Å². The van der Waals surface area contributed by atoms with Gasteiger partial charge < -0.3 is 9.67 Å². The number of aryl methyl sites for hydroxylation is 2. The van der Waals surface area contributed by atoms with Crippen LogP contribution in [0.15, 0.2) is 28.4 Å². The molecule has 0 saturated heterocycles.